The number of phosphoric ester groups is 1. The average Bonchev–Trinajstić information content (AvgIpc) is 3.88. The van der Waals surface area contributed by atoms with Gasteiger partial charge in [0.1, 0.15) is 6.61 Å². The summed E-state index contributed by atoms with van der Waals surface area (Å²) in [4.78, 5) is 42.8. The minimum atomic E-state index is -4.78. The third-order valence-electron chi connectivity index (χ3n) is 8.34. The van der Waals surface area contributed by atoms with E-state index in [1.165, 1.54) is 25.7 Å². The minimum absolute atomic E-state index is 0.131. The first kappa shape index (κ1) is 48.2. The Labute approximate surface area is 320 Å². The number of ether oxygens (including phenoxy) is 3. The third-order valence-corrected chi connectivity index (χ3v) is 8.82. The van der Waals surface area contributed by atoms with Crippen LogP contribution in [-0.4, -0.2) is 53.3 Å². The summed E-state index contributed by atoms with van der Waals surface area (Å²) in [6.07, 6.45) is 47.7. The molecule has 0 aliphatic carbocycles. The Balaban J connectivity index is 2.15. The molecule has 0 amide bonds. The second-order valence-electron chi connectivity index (χ2n) is 13.3. The van der Waals surface area contributed by atoms with Crippen LogP contribution in [0.1, 0.15) is 142 Å². The Hall–Kier alpha value is -2.81. The van der Waals surface area contributed by atoms with E-state index >= 15 is 0 Å². The van der Waals surface area contributed by atoms with Crippen molar-refractivity contribution >= 4 is 19.8 Å². The first-order chi connectivity index (χ1) is 25.7. The Bertz CT molecular complexity index is 1190. The van der Waals surface area contributed by atoms with E-state index in [0.717, 1.165) is 77.0 Å². The van der Waals surface area contributed by atoms with Crippen molar-refractivity contribution in [1.82, 2.24) is 0 Å². The van der Waals surface area contributed by atoms with Crippen LogP contribution in [0.25, 0.3) is 0 Å². The zero-order valence-corrected chi connectivity index (χ0v) is 33.5. The number of allylic oxidation sites excluding steroid dienone is 13. The number of epoxide rings is 1. The second kappa shape index (κ2) is 33.7. The van der Waals surface area contributed by atoms with Crippen molar-refractivity contribution in [3.8, 4) is 0 Å². The average molecular weight is 761 g/mol. The van der Waals surface area contributed by atoms with Gasteiger partial charge in [-0.25, -0.2) is 4.57 Å². The van der Waals surface area contributed by atoms with Gasteiger partial charge in [0.15, 0.2) is 6.10 Å². The van der Waals surface area contributed by atoms with E-state index < -0.39 is 32.5 Å². The topological polar surface area (TPSA) is 132 Å². The van der Waals surface area contributed by atoms with Crippen LogP contribution < -0.4 is 0 Å². The van der Waals surface area contributed by atoms with Crippen molar-refractivity contribution in [2.75, 3.05) is 13.2 Å². The highest BCUT2D eigenvalue weighted by Crippen LogP contribution is 2.36. The number of carbonyl (C=O) groups excluding carboxylic acids is 2. The number of hydrogen-bond acceptors (Lipinski definition) is 7. The lowest BCUT2D eigenvalue weighted by Crippen LogP contribution is -2.29. The molecule has 2 N–H and O–H groups in total. The van der Waals surface area contributed by atoms with Crippen LogP contribution in [0.3, 0.4) is 0 Å². The molecule has 53 heavy (non-hydrogen) atoms. The van der Waals surface area contributed by atoms with Crippen molar-refractivity contribution < 1.29 is 42.7 Å². The summed E-state index contributed by atoms with van der Waals surface area (Å²) < 4.78 is 32.0. The van der Waals surface area contributed by atoms with E-state index in [0.29, 0.717) is 25.0 Å². The van der Waals surface area contributed by atoms with Crippen LogP contribution in [-0.2, 0) is 32.9 Å². The molecule has 0 spiro atoms. The summed E-state index contributed by atoms with van der Waals surface area (Å²) in [7, 11) is -4.78. The molecule has 300 valence electrons. The van der Waals surface area contributed by atoms with E-state index in [4.69, 9.17) is 24.0 Å². The molecule has 1 aliphatic rings. The number of hydrogen-bond donors (Lipinski definition) is 2. The van der Waals surface area contributed by atoms with Crippen LogP contribution in [0.15, 0.2) is 85.1 Å². The molecule has 2 unspecified atom stereocenters. The Kier molecular flexibility index (Phi) is 30.7. The second-order valence-corrected chi connectivity index (χ2v) is 14.5. The van der Waals surface area contributed by atoms with Crippen LogP contribution in [0, 0.1) is 0 Å². The molecule has 0 aromatic heterocycles. The molecule has 1 heterocycles. The van der Waals surface area contributed by atoms with E-state index in [-0.39, 0.29) is 19.4 Å². The van der Waals surface area contributed by atoms with Gasteiger partial charge in [0.2, 0.25) is 0 Å². The van der Waals surface area contributed by atoms with Gasteiger partial charge < -0.3 is 24.0 Å². The first-order valence-electron chi connectivity index (χ1n) is 20.0. The van der Waals surface area contributed by atoms with Crippen LogP contribution in [0.2, 0.25) is 0 Å². The minimum Gasteiger partial charge on any atom is -0.462 e. The fourth-order valence-electron chi connectivity index (χ4n) is 5.29. The standard InChI is InChI=1S/C43H69O9P/c1-3-5-7-8-9-10-11-12-13-14-15-16-17-18-19-20-24-27-31-35-42(44)49-37-39(38-50-53(46,47)48)51-43(45)36-32-28-25-22-21-23-26-30-34-41-40(52-41)33-29-6-4-2/h5,7,9-10,12-13,15-16,18-19,24,26-27,30,39-41H,3-4,6,8,11,14,17,20-23,25,28-29,31-38H2,1-2H3,(H2,46,47,48)/b7-5-,10-9-,13-12-,16-15-,19-18-,27-24-,30-26-/t39-,40?,41?/m1/s1. The molecule has 9 nitrogen and oxygen atoms in total. The summed E-state index contributed by atoms with van der Waals surface area (Å²) in [5, 5.41) is 0. The zero-order chi connectivity index (χ0) is 38.7. The number of carbonyl (C=O) groups is 2. The van der Waals surface area contributed by atoms with Crippen molar-refractivity contribution in [3.63, 3.8) is 0 Å². The normalized spacial score (nSPS) is 17.2. The van der Waals surface area contributed by atoms with Gasteiger partial charge in [0.25, 0.3) is 0 Å². The van der Waals surface area contributed by atoms with Gasteiger partial charge in [0, 0.05) is 12.8 Å². The van der Waals surface area contributed by atoms with Gasteiger partial charge >= 0.3 is 19.8 Å². The van der Waals surface area contributed by atoms with Crippen LogP contribution in [0.5, 0.6) is 0 Å². The molecule has 10 heteroatoms. The van der Waals surface area contributed by atoms with Crippen LogP contribution >= 0.6 is 7.82 Å². The maximum atomic E-state index is 12.4. The van der Waals surface area contributed by atoms with Crippen molar-refractivity contribution in [2.45, 2.75) is 161 Å². The maximum Gasteiger partial charge on any atom is 0.469 e. The number of rotatable bonds is 34. The molecular weight excluding hydrogens is 691 g/mol. The largest absolute Gasteiger partial charge is 0.469 e. The first-order valence-corrected chi connectivity index (χ1v) is 21.5. The molecule has 0 saturated carbocycles. The maximum absolute atomic E-state index is 12.4. The van der Waals surface area contributed by atoms with E-state index in [1.54, 1.807) is 0 Å². The molecule has 0 radical (unpaired) electrons. The SMILES string of the molecule is CC/C=C\C/C=C\C/C=C\C/C=C\C/C=C\C/C=C\CCC(=O)OC[C@H](COP(=O)(O)O)OC(=O)CCCCCCC/C=C\CC1OC1CCCCC. The van der Waals surface area contributed by atoms with Gasteiger partial charge in [-0.2, -0.15) is 0 Å². The Morgan fingerprint density at radius 2 is 1.19 bits per heavy atom. The Morgan fingerprint density at radius 3 is 1.79 bits per heavy atom. The highest BCUT2D eigenvalue weighted by molar-refractivity contribution is 7.46. The Morgan fingerprint density at radius 1 is 0.623 bits per heavy atom. The molecule has 0 bridgehead atoms. The summed E-state index contributed by atoms with van der Waals surface area (Å²) in [5.74, 6) is -1.01. The molecule has 1 fully saturated rings. The third kappa shape index (κ3) is 33.5. The van der Waals surface area contributed by atoms with E-state index in [2.05, 4.69) is 91.3 Å². The van der Waals surface area contributed by atoms with Gasteiger partial charge in [-0.05, 0) is 77.0 Å². The lowest BCUT2D eigenvalue weighted by Gasteiger charge is -2.18. The van der Waals surface area contributed by atoms with E-state index in [9.17, 15) is 14.2 Å². The fourth-order valence-corrected chi connectivity index (χ4v) is 5.65. The molecule has 0 aromatic rings. The van der Waals surface area contributed by atoms with Crippen molar-refractivity contribution in [3.05, 3.63) is 85.1 Å². The highest BCUT2D eigenvalue weighted by atomic mass is 31.2. The van der Waals surface area contributed by atoms with Gasteiger partial charge in [-0.1, -0.05) is 137 Å². The summed E-state index contributed by atoms with van der Waals surface area (Å²) in [6.45, 7) is 3.44. The molecule has 3 atom stereocenters. The molecule has 0 aromatic carbocycles. The number of esters is 2. The predicted octanol–water partition coefficient (Wildman–Crippen LogP) is 11.1. The molecule has 1 aliphatic heterocycles. The van der Waals surface area contributed by atoms with Gasteiger partial charge in [-0.15, -0.1) is 0 Å². The number of phosphoric acid groups is 1. The molecule has 1 saturated heterocycles. The van der Waals surface area contributed by atoms with Gasteiger partial charge in [-0.3, -0.25) is 14.1 Å². The monoisotopic (exact) mass is 760 g/mol. The van der Waals surface area contributed by atoms with Gasteiger partial charge in [0.05, 0.1) is 18.8 Å². The lowest BCUT2D eigenvalue weighted by atomic mass is 10.1. The van der Waals surface area contributed by atoms with E-state index in [1.807, 2.05) is 12.2 Å². The summed E-state index contributed by atoms with van der Waals surface area (Å²) in [5.41, 5.74) is 0. The number of unbranched alkanes of at least 4 members (excludes halogenated alkanes) is 7. The summed E-state index contributed by atoms with van der Waals surface area (Å²) in [6, 6.07) is 0. The highest BCUT2D eigenvalue weighted by Gasteiger charge is 2.36. The summed E-state index contributed by atoms with van der Waals surface area (Å²) >= 11 is 0. The lowest BCUT2D eigenvalue weighted by molar-refractivity contribution is -0.161. The molecule has 1 rings (SSSR count). The smallest absolute Gasteiger partial charge is 0.462 e. The quantitative estimate of drug-likeness (QED) is 0.0216. The van der Waals surface area contributed by atoms with Crippen molar-refractivity contribution in [2.24, 2.45) is 0 Å². The predicted molar refractivity (Wildman–Crippen MR) is 215 cm³/mol. The fraction of sp³-hybridized carbons (Fsp3) is 0.628. The van der Waals surface area contributed by atoms with Crippen molar-refractivity contribution in [1.29, 1.82) is 0 Å². The molecular formula is C43H69O9P. The van der Waals surface area contributed by atoms with Crippen LogP contribution in [0.4, 0.5) is 0 Å². The zero-order valence-electron chi connectivity index (χ0n) is 32.6.